The molecule has 0 bridgehead atoms. The Bertz CT molecular complexity index is 443. The van der Waals surface area contributed by atoms with E-state index in [2.05, 4.69) is 25.7 Å². The van der Waals surface area contributed by atoms with E-state index in [1.807, 2.05) is 25.5 Å². The van der Waals surface area contributed by atoms with E-state index < -0.39 is 0 Å². The lowest BCUT2D eigenvalue weighted by Gasteiger charge is -2.34. The lowest BCUT2D eigenvalue weighted by atomic mass is 10.1. The van der Waals surface area contributed by atoms with Crippen molar-refractivity contribution in [3.63, 3.8) is 0 Å². The summed E-state index contributed by atoms with van der Waals surface area (Å²) in [6, 6.07) is -0.134. The molecule has 19 heavy (non-hydrogen) atoms. The van der Waals surface area contributed by atoms with E-state index in [0.29, 0.717) is 19.6 Å². The van der Waals surface area contributed by atoms with Crippen molar-refractivity contribution >= 4 is 5.91 Å². The van der Waals surface area contributed by atoms with E-state index in [0.717, 1.165) is 24.7 Å². The van der Waals surface area contributed by atoms with E-state index in [1.165, 1.54) is 0 Å². The second kappa shape index (κ2) is 6.12. The van der Waals surface area contributed by atoms with Crippen molar-refractivity contribution in [1.82, 2.24) is 30.3 Å². The summed E-state index contributed by atoms with van der Waals surface area (Å²) in [7, 11) is 1.95. The minimum atomic E-state index is -0.134. The fourth-order valence-electron chi connectivity index (χ4n) is 2.26. The standard InChI is InChI=1S/C12H22N6O/c1-4-14-12(19)10-7-13-5-6-18(10)8-11-16-15-9(2)17(11)3/h10,13H,4-8H2,1-3H3,(H,14,19). The van der Waals surface area contributed by atoms with Gasteiger partial charge in [-0.2, -0.15) is 0 Å². The maximum atomic E-state index is 12.1. The number of hydrogen-bond acceptors (Lipinski definition) is 5. The molecule has 1 fully saturated rings. The van der Waals surface area contributed by atoms with Gasteiger partial charge in [0.15, 0.2) is 0 Å². The number of carbonyl (C=O) groups excluding carboxylic acids is 1. The first-order chi connectivity index (χ1) is 9.13. The van der Waals surface area contributed by atoms with Gasteiger partial charge in [-0.25, -0.2) is 0 Å². The molecule has 0 aromatic carbocycles. The predicted molar refractivity (Wildman–Crippen MR) is 71.5 cm³/mol. The third-order valence-electron chi connectivity index (χ3n) is 3.54. The molecule has 106 valence electrons. The smallest absolute Gasteiger partial charge is 0.238 e. The zero-order chi connectivity index (χ0) is 13.8. The van der Waals surface area contributed by atoms with Crippen molar-refractivity contribution in [3.05, 3.63) is 11.6 Å². The maximum absolute atomic E-state index is 12.1. The first-order valence-electron chi connectivity index (χ1n) is 6.70. The topological polar surface area (TPSA) is 75.1 Å². The number of amides is 1. The van der Waals surface area contributed by atoms with Crippen LogP contribution in [-0.2, 0) is 18.4 Å². The van der Waals surface area contributed by atoms with Crippen molar-refractivity contribution < 1.29 is 4.79 Å². The van der Waals surface area contributed by atoms with Gasteiger partial charge in [-0.05, 0) is 13.8 Å². The number of piperazine rings is 1. The summed E-state index contributed by atoms with van der Waals surface area (Å²) >= 11 is 0. The molecular weight excluding hydrogens is 244 g/mol. The molecule has 1 aliphatic rings. The van der Waals surface area contributed by atoms with Crippen LogP contribution in [0.2, 0.25) is 0 Å². The highest BCUT2D eigenvalue weighted by molar-refractivity contribution is 5.82. The van der Waals surface area contributed by atoms with Crippen LogP contribution >= 0.6 is 0 Å². The lowest BCUT2D eigenvalue weighted by molar-refractivity contribution is -0.127. The maximum Gasteiger partial charge on any atom is 0.238 e. The minimum Gasteiger partial charge on any atom is -0.355 e. The molecule has 1 aromatic heterocycles. The molecule has 0 spiro atoms. The van der Waals surface area contributed by atoms with Gasteiger partial charge in [-0.1, -0.05) is 0 Å². The van der Waals surface area contributed by atoms with Gasteiger partial charge in [0.05, 0.1) is 6.54 Å². The molecule has 2 heterocycles. The van der Waals surface area contributed by atoms with Crippen molar-refractivity contribution in [2.45, 2.75) is 26.4 Å². The molecule has 1 aliphatic heterocycles. The van der Waals surface area contributed by atoms with E-state index in [1.54, 1.807) is 0 Å². The summed E-state index contributed by atoms with van der Waals surface area (Å²) in [4.78, 5) is 14.2. The Balaban J connectivity index is 2.07. The molecule has 0 saturated carbocycles. The van der Waals surface area contributed by atoms with E-state index in [-0.39, 0.29) is 11.9 Å². The van der Waals surface area contributed by atoms with Crippen LogP contribution in [0.1, 0.15) is 18.6 Å². The van der Waals surface area contributed by atoms with E-state index in [9.17, 15) is 4.79 Å². The zero-order valence-electron chi connectivity index (χ0n) is 11.8. The van der Waals surface area contributed by atoms with Crippen LogP contribution < -0.4 is 10.6 Å². The van der Waals surface area contributed by atoms with Crippen LogP contribution in [0.4, 0.5) is 0 Å². The summed E-state index contributed by atoms with van der Waals surface area (Å²) in [5.74, 6) is 1.86. The molecule has 7 heteroatoms. The molecule has 7 nitrogen and oxygen atoms in total. The fourth-order valence-corrected chi connectivity index (χ4v) is 2.26. The minimum absolute atomic E-state index is 0.0774. The van der Waals surface area contributed by atoms with E-state index >= 15 is 0 Å². The number of nitrogens with zero attached hydrogens (tertiary/aromatic N) is 4. The van der Waals surface area contributed by atoms with Crippen molar-refractivity contribution in [1.29, 1.82) is 0 Å². The Morgan fingerprint density at radius 1 is 1.53 bits per heavy atom. The first kappa shape index (κ1) is 14.0. The average Bonchev–Trinajstić information content (AvgIpc) is 2.72. The molecule has 2 rings (SSSR count). The Morgan fingerprint density at radius 3 is 2.95 bits per heavy atom. The Hall–Kier alpha value is -1.47. The zero-order valence-corrected chi connectivity index (χ0v) is 11.8. The van der Waals surface area contributed by atoms with E-state index in [4.69, 9.17) is 0 Å². The lowest BCUT2D eigenvalue weighted by Crippen LogP contribution is -2.57. The molecular formula is C12H22N6O. The van der Waals surface area contributed by atoms with Crippen LogP contribution in [0.25, 0.3) is 0 Å². The number of carbonyl (C=O) groups is 1. The predicted octanol–water partition coefficient (Wildman–Crippen LogP) is -0.967. The summed E-state index contributed by atoms with van der Waals surface area (Å²) in [5.41, 5.74) is 0. The van der Waals surface area contributed by atoms with Crippen molar-refractivity contribution in [2.24, 2.45) is 7.05 Å². The Kier molecular flexibility index (Phi) is 4.49. The summed E-state index contributed by atoms with van der Waals surface area (Å²) in [6.07, 6.45) is 0. The number of aryl methyl sites for hydroxylation is 1. The molecule has 1 aromatic rings. The molecule has 2 N–H and O–H groups in total. The Morgan fingerprint density at radius 2 is 2.32 bits per heavy atom. The van der Waals surface area contributed by atoms with Crippen molar-refractivity contribution in [3.8, 4) is 0 Å². The molecule has 1 saturated heterocycles. The SMILES string of the molecule is CCNC(=O)C1CNCCN1Cc1nnc(C)n1C. The van der Waals surface area contributed by atoms with Gasteiger partial charge in [0.1, 0.15) is 17.7 Å². The quantitative estimate of drug-likeness (QED) is 0.734. The highest BCUT2D eigenvalue weighted by Crippen LogP contribution is 2.09. The third-order valence-corrected chi connectivity index (χ3v) is 3.54. The van der Waals surface area contributed by atoms with Gasteiger partial charge >= 0.3 is 0 Å². The molecule has 1 atom stereocenters. The second-order valence-corrected chi connectivity index (χ2v) is 4.81. The van der Waals surface area contributed by atoms with Gasteiger partial charge in [-0.15, -0.1) is 10.2 Å². The molecule has 0 aliphatic carbocycles. The fraction of sp³-hybridized carbons (Fsp3) is 0.750. The van der Waals surface area contributed by atoms with Gasteiger partial charge in [0.2, 0.25) is 5.91 Å². The average molecular weight is 266 g/mol. The summed E-state index contributed by atoms with van der Waals surface area (Å²) in [6.45, 7) is 7.59. The van der Waals surface area contributed by atoms with Crippen molar-refractivity contribution in [2.75, 3.05) is 26.2 Å². The van der Waals surface area contributed by atoms with Crippen LogP contribution in [0.3, 0.4) is 0 Å². The van der Waals surface area contributed by atoms with Crippen LogP contribution in [0.15, 0.2) is 0 Å². The van der Waals surface area contributed by atoms with Crippen LogP contribution in [0, 0.1) is 6.92 Å². The molecule has 0 radical (unpaired) electrons. The number of rotatable bonds is 4. The van der Waals surface area contributed by atoms with Gasteiger partial charge in [-0.3, -0.25) is 9.69 Å². The summed E-state index contributed by atoms with van der Waals surface area (Å²) < 4.78 is 1.97. The summed E-state index contributed by atoms with van der Waals surface area (Å²) in [5, 5.41) is 14.4. The second-order valence-electron chi connectivity index (χ2n) is 4.81. The van der Waals surface area contributed by atoms with Crippen LogP contribution in [-0.4, -0.2) is 57.8 Å². The number of nitrogens with one attached hydrogen (secondary N) is 2. The van der Waals surface area contributed by atoms with Crippen LogP contribution in [0.5, 0.6) is 0 Å². The Labute approximate surface area is 113 Å². The monoisotopic (exact) mass is 266 g/mol. The number of aromatic nitrogens is 3. The first-order valence-corrected chi connectivity index (χ1v) is 6.70. The van der Waals surface area contributed by atoms with Gasteiger partial charge in [0.25, 0.3) is 0 Å². The largest absolute Gasteiger partial charge is 0.355 e. The molecule has 1 unspecified atom stereocenters. The number of likely N-dealkylation sites (N-methyl/N-ethyl adjacent to an activating group) is 1. The van der Waals surface area contributed by atoms with Gasteiger partial charge in [0, 0.05) is 33.2 Å². The highest BCUT2D eigenvalue weighted by atomic mass is 16.2. The highest BCUT2D eigenvalue weighted by Gasteiger charge is 2.29. The normalized spacial score (nSPS) is 20.5. The molecule has 1 amide bonds. The van der Waals surface area contributed by atoms with Gasteiger partial charge < -0.3 is 15.2 Å². The third kappa shape index (κ3) is 3.10. The number of hydrogen-bond donors (Lipinski definition) is 2.